The number of anilines is 1. The van der Waals surface area contributed by atoms with Gasteiger partial charge in [-0.25, -0.2) is 14.2 Å². The second-order valence-electron chi connectivity index (χ2n) is 7.38. The van der Waals surface area contributed by atoms with Crippen LogP contribution in [0.5, 0.6) is 0 Å². The third-order valence-corrected chi connectivity index (χ3v) is 4.76. The summed E-state index contributed by atoms with van der Waals surface area (Å²) in [6.07, 6.45) is 2.88. The number of carbonyl (C=O) groups excluding carboxylic acids is 1. The first-order chi connectivity index (χ1) is 14.4. The molecule has 1 aromatic carbocycles. The summed E-state index contributed by atoms with van der Waals surface area (Å²) < 4.78 is 2.59. The van der Waals surface area contributed by atoms with Gasteiger partial charge in [0.2, 0.25) is 5.91 Å². The fraction of sp³-hybridized carbons (Fsp3) is 0.238. The van der Waals surface area contributed by atoms with Crippen molar-refractivity contribution in [3.05, 3.63) is 64.0 Å². The van der Waals surface area contributed by atoms with E-state index in [-0.39, 0.29) is 23.6 Å². The number of pyridine rings is 1. The number of carbonyl (C=O) groups is 1. The van der Waals surface area contributed by atoms with E-state index in [2.05, 4.69) is 20.5 Å². The van der Waals surface area contributed by atoms with Crippen LogP contribution in [0.1, 0.15) is 36.6 Å². The highest BCUT2D eigenvalue weighted by atomic mass is 16.2. The Balaban J connectivity index is 1.68. The van der Waals surface area contributed by atoms with Gasteiger partial charge in [-0.05, 0) is 31.0 Å². The van der Waals surface area contributed by atoms with Crippen molar-refractivity contribution in [2.24, 2.45) is 0 Å². The number of rotatable bonds is 4. The molecule has 0 saturated heterocycles. The zero-order valence-corrected chi connectivity index (χ0v) is 16.7. The number of hydrogen-bond acceptors (Lipinski definition) is 6. The van der Waals surface area contributed by atoms with Gasteiger partial charge in [0.15, 0.2) is 5.65 Å². The molecule has 150 valence electrons. The first-order valence-electron chi connectivity index (χ1n) is 9.42. The van der Waals surface area contributed by atoms with Gasteiger partial charge in [-0.1, -0.05) is 25.5 Å². The average Bonchev–Trinajstić information content (AvgIpc) is 3.17. The minimum atomic E-state index is -0.436. The van der Waals surface area contributed by atoms with Crippen molar-refractivity contribution < 1.29 is 4.79 Å². The summed E-state index contributed by atoms with van der Waals surface area (Å²) in [6.45, 7) is 5.70. The molecular weight excluding hydrogens is 382 g/mol. The predicted octanol–water partition coefficient (Wildman–Crippen LogP) is 2.38. The summed E-state index contributed by atoms with van der Waals surface area (Å²) in [7, 11) is 0. The van der Waals surface area contributed by atoms with Crippen molar-refractivity contribution in [2.45, 2.75) is 33.2 Å². The molecular formula is C21H19N7O2. The Bertz CT molecular complexity index is 1390. The fourth-order valence-corrected chi connectivity index (χ4v) is 3.37. The van der Waals surface area contributed by atoms with Crippen LogP contribution in [0.15, 0.2) is 41.6 Å². The van der Waals surface area contributed by atoms with Crippen molar-refractivity contribution in [1.82, 2.24) is 24.4 Å². The van der Waals surface area contributed by atoms with Crippen LogP contribution in [0, 0.1) is 18.3 Å². The van der Waals surface area contributed by atoms with Gasteiger partial charge in [-0.3, -0.25) is 9.59 Å². The van der Waals surface area contributed by atoms with Gasteiger partial charge in [-0.15, -0.1) is 0 Å². The summed E-state index contributed by atoms with van der Waals surface area (Å²) in [6, 6.07) is 9.13. The van der Waals surface area contributed by atoms with Crippen LogP contribution < -0.4 is 10.9 Å². The Morgan fingerprint density at radius 1 is 1.27 bits per heavy atom. The minimum Gasteiger partial charge on any atom is -0.323 e. The Morgan fingerprint density at radius 2 is 2.07 bits per heavy atom. The average molecular weight is 401 g/mol. The first kappa shape index (κ1) is 19.3. The number of benzene rings is 1. The maximum Gasteiger partial charge on any atom is 0.275 e. The summed E-state index contributed by atoms with van der Waals surface area (Å²) in [5, 5.41) is 21.8. The number of amides is 1. The van der Waals surface area contributed by atoms with E-state index >= 15 is 0 Å². The van der Waals surface area contributed by atoms with Crippen molar-refractivity contribution in [3.63, 3.8) is 0 Å². The van der Waals surface area contributed by atoms with Crippen LogP contribution in [-0.4, -0.2) is 30.3 Å². The summed E-state index contributed by atoms with van der Waals surface area (Å²) in [5.74, 6) is -0.355. The summed E-state index contributed by atoms with van der Waals surface area (Å²) in [5.41, 5.74) is 2.54. The number of fused-ring (bicyclic) bond motifs is 2. The zero-order valence-electron chi connectivity index (χ0n) is 16.7. The van der Waals surface area contributed by atoms with Crippen LogP contribution in [0.25, 0.3) is 16.4 Å². The highest BCUT2D eigenvalue weighted by molar-refractivity contribution is 5.91. The third kappa shape index (κ3) is 3.39. The lowest BCUT2D eigenvalue weighted by molar-refractivity contribution is -0.117. The van der Waals surface area contributed by atoms with Crippen molar-refractivity contribution in [2.75, 3.05) is 5.32 Å². The molecule has 0 aliphatic carbocycles. The molecule has 0 fully saturated rings. The quantitative estimate of drug-likeness (QED) is 0.561. The molecule has 30 heavy (non-hydrogen) atoms. The van der Waals surface area contributed by atoms with E-state index in [0.717, 1.165) is 16.6 Å². The molecule has 0 atom stereocenters. The van der Waals surface area contributed by atoms with Crippen molar-refractivity contribution in [1.29, 1.82) is 5.26 Å². The van der Waals surface area contributed by atoms with Crippen LogP contribution in [0.2, 0.25) is 0 Å². The number of nitriles is 1. The maximum absolute atomic E-state index is 12.9. The largest absolute Gasteiger partial charge is 0.323 e. The summed E-state index contributed by atoms with van der Waals surface area (Å²) >= 11 is 0. The minimum absolute atomic E-state index is 0.0807. The van der Waals surface area contributed by atoms with Gasteiger partial charge in [-0.2, -0.15) is 15.5 Å². The van der Waals surface area contributed by atoms with E-state index in [0.29, 0.717) is 16.7 Å². The molecule has 0 unspecified atom stereocenters. The van der Waals surface area contributed by atoms with Gasteiger partial charge >= 0.3 is 0 Å². The van der Waals surface area contributed by atoms with Gasteiger partial charge in [0, 0.05) is 5.39 Å². The molecule has 0 radical (unpaired) electrons. The Labute approximate surface area is 171 Å². The van der Waals surface area contributed by atoms with Gasteiger partial charge in [0.1, 0.15) is 18.9 Å². The molecule has 4 aromatic rings. The fourth-order valence-electron chi connectivity index (χ4n) is 3.37. The van der Waals surface area contributed by atoms with E-state index in [4.69, 9.17) is 0 Å². The molecule has 0 bridgehead atoms. The topological polar surface area (TPSA) is 118 Å². The van der Waals surface area contributed by atoms with Crippen molar-refractivity contribution >= 4 is 28.0 Å². The molecule has 9 nitrogen and oxygen atoms in total. The molecule has 1 amide bonds. The molecule has 9 heteroatoms. The highest BCUT2D eigenvalue weighted by Crippen LogP contribution is 2.22. The lowest BCUT2D eigenvalue weighted by Crippen LogP contribution is -2.31. The standard InChI is InChI=1S/C21H19N7O2/c1-12(2)19-17-6-13(3)4-5-16(17)21(30)28(26-19)10-18(29)25-15-7-14(8-22)20-23-11-24-27(20)9-15/h4-7,9,11-12H,10H2,1-3H3,(H,25,29). The number of aromatic nitrogens is 5. The molecule has 3 aromatic heterocycles. The van der Waals surface area contributed by atoms with Gasteiger partial charge in [0.25, 0.3) is 5.56 Å². The van der Waals surface area contributed by atoms with Crippen molar-refractivity contribution in [3.8, 4) is 6.07 Å². The smallest absolute Gasteiger partial charge is 0.275 e. The molecule has 4 rings (SSSR count). The molecule has 0 saturated carbocycles. The molecule has 0 spiro atoms. The Hall–Kier alpha value is -4.06. The molecule has 3 heterocycles. The lowest BCUT2D eigenvalue weighted by atomic mass is 10.0. The Morgan fingerprint density at radius 3 is 2.80 bits per heavy atom. The van der Waals surface area contributed by atoms with Crippen LogP contribution in [-0.2, 0) is 11.3 Å². The first-order valence-corrected chi connectivity index (χ1v) is 9.42. The Kier molecular flexibility index (Phi) is 4.75. The van der Waals surface area contributed by atoms with Crippen LogP contribution in [0.4, 0.5) is 5.69 Å². The SMILES string of the molecule is Cc1ccc2c(=O)n(CC(=O)Nc3cc(C#N)c4ncnn4c3)nc(C(C)C)c2c1. The van der Waals surface area contributed by atoms with Gasteiger partial charge < -0.3 is 5.32 Å². The van der Waals surface area contributed by atoms with E-state index in [1.54, 1.807) is 12.3 Å². The zero-order chi connectivity index (χ0) is 21.4. The number of aryl methyl sites for hydroxylation is 1. The van der Waals surface area contributed by atoms with Crippen LogP contribution >= 0.6 is 0 Å². The van der Waals surface area contributed by atoms with E-state index in [1.165, 1.54) is 21.6 Å². The van der Waals surface area contributed by atoms with Crippen LogP contribution in [0.3, 0.4) is 0 Å². The van der Waals surface area contributed by atoms with E-state index in [1.807, 2.05) is 39.0 Å². The normalized spacial score (nSPS) is 11.2. The maximum atomic E-state index is 12.9. The number of nitrogens with zero attached hydrogens (tertiary/aromatic N) is 6. The molecule has 0 aliphatic heterocycles. The molecule has 0 aliphatic rings. The highest BCUT2D eigenvalue weighted by Gasteiger charge is 2.16. The lowest BCUT2D eigenvalue weighted by Gasteiger charge is -2.14. The third-order valence-electron chi connectivity index (χ3n) is 4.76. The monoisotopic (exact) mass is 401 g/mol. The number of nitrogens with one attached hydrogen (secondary N) is 1. The molecule has 1 N–H and O–H groups in total. The predicted molar refractivity (Wildman–Crippen MR) is 111 cm³/mol. The number of hydrogen-bond donors (Lipinski definition) is 1. The summed E-state index contributed by atoms with van der Waals surface area (Å²) in [4.78, 5) is 29.6. The van der Waals surface area contributed by atoms with E-state index < -0.39 is 5.91 Å². The van der Waals surface area contributed by atoms with Gasteiger partial charge in [0.05, 0.1) is 28.5 Å². The second kappa shape index (κ2) is 7.40. The van der Waals surface area contributed by atoms with E-state index in [9.17, 15) is 14.9 Å². The second-order valence-corrected chi connectivity index (χ2v) is 7.38.